The summed E-state index contributed by atoms with van der Waals surface area (Å²) in [6, 6.07) is 12.8. The molecule has 3 aromatic rings. The molecule has 0 fully saturated rings. The van der Waals surface area contributed by atoms with Gasteiger partial charge in [-0.25, -0.2) is 4.98 Å². The van der Waals surface area contributed by atoms with Gasteiger partial charge in [0.25, 0.3) is 5.91 Å². The summed E-state index contributed by atoms with van der Waals surface area (Å²) in [5.41, 5.74) is 2.19. The molecule has 6 nitrogen and oxygen atoms in total. The molecule has 0 bridgehead atoms. The van der Waals surface area contributed by atoms with Gasteiger partial charge in [0.15, 0.2) is 0 Å². The summed E-state index contributed by atoms with van der Waals surface area (Å²) in [5.74, 6) is 0.972. The van der Waals surface area contributed by atoms with Crippen LogP contribution in [0.1, 0.15) is 15.4 Å². The molecule has 0 atom stereocenters. The normalized spacial score (nSPS) is 10.3. The van der Waals surface area contributed by atoms with E-state index in [4.69, 9.17) is 4.74 Å². The fraction of sp³-hybridized carbons (Fsp3) is 0.125. The average molecular weight is 326 g/mol. The van der Waals surface area contributed by atoms with Crippen LogP contribution in [0, 0.1) is 6.92 Å². The number of rotatable bonds is 4. The predicted molar refractivity (Wildman–Crippen MR) is 88.8 cm³/mol. The second-order valence-corrected chi connectivity index (χ2v) is 5.55. The third-order valence-corrected chi connectivity index (χ3v) is 3.91. The largest absolute Gasteiger partial charge is 0.497 e. The first kappa shape index (κ1) is 15.1. The SMILES string of the molecule is COc1ccc(-c2nnsc2C(=O)Nc2cccc(C)n2)cc1. The zero-order valence-electron chi connectivity index (χ0n) is 12.6. The Morgan fingerprint density at radius 2 is 1.96 bits per heavy atom. The summed E-state index contributed by atoms with van der Waals surface area (Å²) >= 11 is 1.05. The first-order valence-corrected chi connectivity index (χ1v) is 7.66. The number of pyridine rings is 1. The highest BCUT2D eigenvalue weighted by Gasteiger charge is 2.18. The Balaban J connectivity index is 1.86. The number of hydrogen-bond acceptors (Lipinski definition) is 6. The molecule has 0 spiro atoms. The molecular weight excluding hydrogens is 312 g/mol. The molecule has 2 heterocycles. The van der Waals surface area contributed by atoms with Crippen LogP contribution in [0.25, 0.3) is 11.3 Å². The molecule has 0 saturated carbocycles. The summed E-state index contributed by atoms with van der Waals surface area (Å²) < 4.78 is 9.03. The molecule has 1 amide bonds. The van der Waals surface area contributed by atoms with Crippen molar-refractivity contribution in [3.63, 3.8) is 0 Å². The number of aryl methyl sites for hydroxylation is 1. The van der Waals surface area contributed by atoms with Crippen LogP contribution in [0.3, 0.4) is 0 Å². The van der Waals surface area contributed by atoms with Crippen molar-refractivity contribution < 1.29 is 9.53 Å². The second kappa shape index (κ2) is 6.53. The highest BCUT2D eigenvalue weighted by atomic mass is 32.1. The van der Waals surface area contributed by atoms with Crippen LogP contribution in [-0.4, -0.2) is 27.6 Å². The van der Waals surface area contributed by atoms with Crippen LogP contribution in [-0.2, 0) is 0 Å². The van der Waals surface area contributed by atoms with Gasteiger partial charge >= 0.3 is 0 Å². The smallest absolute Gasteiger partial charge is 0.270 e. The Bertz CT molecular complexity index is 830. The first-order chi connectivity index (χ1) is 11.2. The van der Waals surface area contributed by atoms with E-state index in [1.165, 1.54) is 0 Å². The van der Waals surface area contributed by atoms with Crippen molar-refractivity contribution >= 4 is 23.3 Å². The standard InChI is InChI=1S/C16H14N4O2S/c1-10-4-3-5-13(17-10)18-16(21)15-14(19-20-23-15)11-6-8-12(22-2)9-7-11/h3-9H,1-2H3,(H,17,18,21). The number of benzene rings is 1. The number of amides is 1. The molecule has 7 heteroatoms. The zero-order chi connectivity index (χ0) is 16.2. The van der Waals surface area contributed by atoms with E-state index in [2.05, 4.69) is 19.9 Å². The molecule has 3 rings (SSSR count). The van der Waals surface area contributed by atoms with Gasteiger partial charge in [0, 0.05) is 11.3 Å². The molecule has 0 aliphatic heterocycles. The Morgan fingerprint density at radius 1 is 1.17 bits per heavy atom. The Labute approximate surface area is 137 Å². The maximum atomic E-state index is 12.5. The second-order valence-electron chi connectivity index (χ2n) is 4.80. The third kappa shape index (κ3) is 3.35. The third-order valence-electron chi connectivity index (χ3n) is 3.19. The van der Waals surface area contributed by atoms with Crippen LogP contribution < -0.4 is 10.1 Å². The zero-order valence-corrected chi connectivity index (χ0v) is 13.4. The number of hydrogen-bond donors (Lipinski definition) is 1. The maximum absolute atomic E-state index is 12.5. The molecule has 0 aliphatic rings. The van der Waals surface area contributed by atoms with E-state index < -0.39 is 0 Å². The molecule has 1 aromatic carbocycles. The van der Waals surface area contributed by atoms with Crippen molar-refractivity contribution in [1.29, 1.82) is 0 Å². The van der Waals surface area contributed by atoms with Crippen molar-refractivity contribution in [3.8, 4) is 17.0 Å². The van der Waals surface area contributed by atoms with Gasteiger partial charge in [-0.3, -0.25) is 4.79 Å². The summed E-state index contributed by atoms with van der Waals surface area (Å²) in [6.07, 6.45) is 0. The molecular formula is C16H14N4O2S. The molecule has 1 N–H and O–H groups in total. The van der Waals surface area contributed by atoms with E-state index in [1.54, 1.807) is 13.2 Å². The fourth-order valence-electron chi connectivity index (χ4n) is 2.06. The summed E-state index contributed by atoms with van der Waals surface area (Å²) in [5, 5.41) is 6.84. The van der Waals surface area contributed by atoms with E-state index in [0.29, 0.717) is 16.4 Å². The number of nitrogens with zero attached hydrogens (tertiary/aromatic N) is 3. The minimum absolute atomic E-state index is 0.274. The van der Waals surface area contributed by atoms with Crippen LogP contribution >= 0.6 is 11.5 Å². The summed E-state index contributed by atoms with van der Waals surface area (Å²) in [6.45, 7) is 1.87. The van der Waals surface area contributed by atoms with Gasteiger partial charge in [0.05, 0.1) is 7.11 Å². The number of carbonyl (C=O) groups excluding carboxylic acids is 1. The van der Waals surface area contributed by atoms with E-state index >= 15 is 0 Å². The highest BCUT2D eigenvalue weighted by molar-refractivity contribution is 7.08. The maximum Gasteiger partial charge on any atom is 0.270 e. The minimum atomic E-state index is -0.274. The number of anilines is 1. The van der Waals surface area contributed by atoms with E-state index in [1.807, 2.05) is 43.3 Å². The quantitative estimate of drug-likeness (QED) is 0.797. The van der Waals surface area contributed by atoms with Gasteiger partial charge in [-0.2, -0.15) is 0 Å². The van der Waals surface area contributed by atoms with Gasteiger partial charge < -0.3 is 10.1 Å². The van der Waals surface area contributed by atoms with E-state index in [-0.39, 0.29) is 5.91 Å². The molecule has 0 saturated heterocycles. The Kier molecular flexibility index (Phi) is 4.29. The van der Waals surface area contributed by atoms with Crippen LogP contribution in [0.5, 0.6) is 5.75 Å². The Hall–Kier alpha value is -2.80. The highest BCUT2D eigenvalue weighted by Crippen LogP contribution is 2.26. The molecule has 0 radical (unpaired) electrons. The van der Waals surface area contributed by atoms with Crippen molar-refractivity contribution in [1.82, 2.24) is 14.6 Å². The number of carbonyl (C=O) groups is 1. The number of methoxy groups -OCH3 is 1. The van der Waals surface area contributed by atoms with Gasteiger partial charge in [0.2, 0.25) is 0 Å². The molecule has 2 aromatic heterocycles. The van der Waals surface area contributed by atoms with Crippen LogP contribution in [0.15, 0.2) is 42.5 Å². The fourth-order valence-corrected chi connectivity index (χ4v) is 2.65. The van der Waals surface area contributed by atoms with Crippen molar-refractivity contribution in [2.45, 2.75) is 6.92 Å². The number of nitrogens with one attached hydrogen (secondary N) is 1. The van der Waals surface area contributed by atoms with Gasteiger partial charge in [-0.1, -0.05) is 10.6 Å². The van der Waals surface area contributed by atoms with Crippen LogP contribution in [0.4, 0.5) is 5.82 Å². The number of aromatic nitrogens is 3. The molecule has 0 aliphatic carbocycles. The summed E-state index contributed by atoms with van der Waals surface area (Å²) in [7, 11) is 1.60. The van der Waals surface area contributed by atoms with Gasteiger partial charge in [-0.15, -0.1) is 5.10 Å². The topological polar surface area (TPSA) is 77.0 Å². The summed E-state index contributed by atoms with van der Waals surface area (Å²) in [4.78, 5) is 17.2. The molecule has 116 valence electrons. The predicted octanol–water partition coefficient (Wildman–Crippen LogP) is 3.17. The lowest BCUT2D eigenvalue weighted by atomic mass is 10.1. The van der Waals surface area contributed by atoms with Crippen molar-refractivity contribution in [3.05, 3.63) is 53.0 Å². The monoisotopic (exact) mass is 326 g/mol. The van der Waals surface area contributed by atoms with Crippen molar-refractivity contribution in [2.24, 2.45) is 0 Å². The van der Waals surface area contributed by atoms with Gasteiger partial charge in [-0.05, 0) is 54.9 Å². The lowest BCUT2D eigenvalue weighted by Gasteiger charge is -2.05. The molecule has 23 heavy (non-hydrogen) atoms. The van der Waals surface area contributed by atoms with Crippen LogP contribution in [0.2, 0.25) is 0 Å². The molecule has 0 unspecified atom stereocenters. The first-order valence-electron chi connectivity index (χ1n) is 6.89. The average Bonchev–Trinajstić information content (AvgIpc) is 3.05. The van der Waals surface area contributed by atoms with E-state index in [9.17, 15) is 4.79 Å². The van der Waals surface area contributed by atoms with E-state index in [0.717, 1.165) is 28.5 Å². The van der Waals surface area contributed by atoms with Gasteiger partial charge in [0.1, 0.15) is 22.1 Å². The minimum Gasteiger partial charge on any atom is -0.497 e. The Morgan fingerprint density at radius 3 is 2.65 bits per heavy atom. The number of ether oxygens (including phenoxy) is 1. The lowest BCUT2D eigenvalue weighted by Crippen LogP contribution is -2.12. The van der Waals surface area contributed by atoms with Crippen molar-refractivity contribution in [2.75, 3.05) is 12.4 Å². The lowest BCUT2D eigenvalue weighted by molar-refractivity contribution is 0.103.